The third kappa shape index (κ3) is 3.44. The van der Waals surface area contributed by atoms with E-state index in [1.165, 1.54) is 19.1 Å². The summed E-state index contributed by atoms with van der Waals surface area (Å²) in [5.74, 6) is 0. The van der Waals surface area contributed by atoms with Crippen LogP contribution in [0.25, 0.3) is 0 Å². The minimum atomic E-state index is 0.345. The SMILES string of the molecule is CCCNC(c1csc(Br)c1)c1ccc(CC)s1. The van der Waals surface area contributed by atoms with E-state index in [9.17, 15) is 0 Å². The second-order valence-electron chi connectivity index (χ2n) is 4.23. The summed E-state index contributed by atoms with van der Waals surface area (Å²) in [4.78, 5) is 2.88. The molecule has 0 radical (unpaired) electrons. The van der Waals surface area contributed by atoms with E-state index < -0.39 is 0 Å². The Bertz CT molecular complexity index is 489. The van der Waals surface area contributed by atoms with E-state index in [0.717, 1.165) is 19.4 Å². The van der Waals surface area contributed by atoms with Crippen LogP contribution in [0.3, 0.4) is 0 Å². The molecule has 0 amide bonds. The third-order valence-electron chi connectivity index (χ3n) is 2.83. The van der Waals surface area contributed by atoms with Crippen molar-refractivity contribution in [3.63, 3.8) is 0 Å². The average Bonchev–Trinajstić information content (AvgIpc) is 2.99. The molecule has 0 aliphatic carbocycles. The van der Waals surface area contributed by atoms with Crippen LogP contribution in [-0.2, 0) is 6.42 Å². The van der Waals surface area contributed by atoms with Crippen molar-refractivity contribution < 1.29 is 0 Å². The minimum Gasteiger partial charge on any atom is -0.306 e. The van der Waals surface area contributed by atoms with Gasteiger partial charge in [-0.25, -0.2) is 0 Å². The Morgan fingerprint density at radius 2 is 2.17 bits per heavy atom. The van der Waals surface area contributed by atoms with E-state index in [-0.39, 0.29) is 0 Å². The predicted octanol–water partition coefficient (Wildman–Crippen LogP) is 5.22. The number of aryl methyl sites for hydroxylation is 1. The van der Waals surface area contributed by atoms with Gasteiger partial charge in [0.1, 0.15) is 0 Å². The van der Waals surface area contributed by atoms with Crippen LogP contribution in [0.4, 0.5) is 0 Å². The molecular formula is C14H18BrNS2. The second-order valence-corrected chi connectivity index (χ2v) is 7.72. The lowest BCUT2D eigenvalue weighted by Crippen LogP contribution is -2.21. The van der Waals surface area contributed by atoms with Crippen molar-refractivity contribution >= 4 is 38.6 Å². The Labute approximate surface area is 125 Å². The van der Waals surface area contributed by atoms with Gasteiger partial charge in [0.15, 0.2) is 0 Å². The van der Waals surface area contributed by atoms with Gasteiger partial charge in [-0.05, 0) is 64.5 Å². The van der Waals surface area contributed by atoms with Crippen LogP contribution in [0.5, 0.6) is 0 Å². The summed E-state index contributed by atoms with van der Waals surface area (Å²) < 4.78 is 1.20. The highest BCUT2D eigenvalue weighted by atomic mass is 79.9. The fraction of sp³-hybridized carbons (Fsp3) is 0.429. The van der Waals surface area contributed by atoms with E-state index in [4.69, 9.17) is 0 Å². The fourth-order valence-electron chi connectivity index (χ4n) is 1.89. The van der Waals surface area contributed by atoms with Gasteiger partial charge in [0.05, 0.1) is 9.83 Å². The Balaban J connectivity index is 2.24. The first-order valence-corrected chi connectivity index (χ1v) is 8.79. The van der Waals surface area contributed by atoms with Crippen molar-refractivity contribution in [3.8, 4) is 0 Å². The molecule has 1 N–H and O–H groups in total. The van der Waals surface area contributed by atoms with Gasteiger partial charge >= 0.3 is 0 Å². The number of nitrogens with one attached hydrogen (secondary N) is 1. The Morgan fingerprint density at radius 1 is 1.33 bits per heavy atom. The highest BCUT2D eigenvalue weighted by molar-refractivity contribution is 9.11. The van der Waals surface area contributed by atoms with Crippen molar-refractivity contribution in [1.29, 1.82) is 0 Å². The molecule has 2 aromatic heterocycles. The van der Waals surface area contributed by atoms with Gasteiger partial charge in [0, 0.05) is 9.75 Å². The zero-order chi connectivity index (χ0) is 13.0. The van der Waals surface area contributed by atoms with E-state index in [1.807, 2.05) is 11.3 Å². The van der Waals surface area contributed by atoms with Gasteiger partial charge in [0.2, 0.25) is 0 Å². The predicted molar refractivity (Wildman–Crippen MR) is 85.9 cm³/mol. The van der Waals surface area contributed by atoms with E-state index >= 15 is 0 Å². The molecule has 4 heteroatoms. The van der Waals surface area contributed by atoms with Crippen LogP contribution in [-0.4, -0.2) is 6.54 Å². The number of rotatable bonds is 6. The van der Waals surface area contributed by atoms with Gasteiger partial charge in [-0.15, -0.1) is 22.7 Å². The second kappa shape index (κ2) is 6.85. The molecule has 0 aliphatic heterocycles. The Hall–Kier alpha value is -0.160. The lowest BCUT2D eigenvalue weighted by Gasteiger charge is -2.15. The molecule has 2 aromatic rings. The van der Waals surface area contributed by atoms with Crippen molar-refractivity contribution in [3.05, 3.63) is 42.7 Å². The summed E-state index contributed by atoms with van der Waals surface area (Å²) in [6.07, 6.45) is 2.28. The first-order valence-electron chi connectivity index (χ1n) is 6.30. The van der Waals surface area contributed by atoms with Crippen molar-refractivity contribution in [2.24, 2.45) is 0 Å². The summed E-state index contributed by atoms with van der Waals surface area (Å²) in [6, 6.07) is 7.09. The van der Waals surface area contributed by atoms with Crippen LogP contribution in [0, 0.1) is 0 Å². The van der Waals surface area contributed by atoms with Gasteiger partial charge < -0.3 is 5.32 Å². The first kappa shape index (κ1) is 14.3. The molecule has 0 aromatic carbocycles. The molecule has 18 heavy (non-hydrogen) atoms. The van der Waals surface area contributed by atoms with Crippen molar-refractivity contribution in [2.75, 3.05) is 6.54 Å². The van der Waals surface area contributed by atoms with Crippen LogP contribution >= 0.6 is 38.6 Å². The number of hydrogen-bond donors (Lipinski definition) is 1. The molecule has 0 bridgehead atoms. The standard InChI is InChI=1S/C14H18BrNS2/c1-3-7-16-14(10-8-13(15)17-9-10)12-6-5-11(4-2)18-12/h5-6,8-9,14,16H,3-4,7H2,1-2H3. The van der Waals surface area contributed by atoms with Crippen LogP contribution in [0.2, 0.25) is 0 Å². The molecule has 0 fully saturated rings. The summed E-state index contributed by atoms with van der Waals surface area (Å²) in [5.41, 5.74) is 1.37. The molecule has 0 aliphatic rings. The lowest BCUT2D eigenvalue weighted by atomic mass is 10.1. The molecular weight excluding hydrogens is 326 g/mol. The van der Waals surface area contributed by atoms with Crippen molar-refractivity contribution in [1.82, 2.24) is 5.32 Å². The zero-order valence-electron chi connectivity index (χ0n) is 10.7. The molecule has 0 saturated carbocycles. The quantitative estimate of drug-likeness (QED) is 0.757. The molecule has 0 spiro atoms. The highest BCUT2D eigenvalue weighted by Crippen LogP contribution is 2.33. The van der Waals surface area contributed by atoms with Crippen molar-refractivity contribution in [2.45, 2.75) is 32.7 Å². The lowest BCUT2D eigenvalue weighted by molar-refractivity contribution is 0.607. The number of halogens is 1. The van der Waals surface area contributed by atoms with Gasteiger partial charge in [-0.3, -0.25) is 0 Å². The molecule has 1 atom stereocenters. The molecule has 1 unspecified atom stereocenters. The van der Waals surface area contributed by atoms with E-state index in [1.54, 1.807) is 11.3 Å². The maximum atomic E-state index is 3.65. The number of thiophene rings is 2. The zero-order valence-corrected chi connectivity index (χ0v) is 13.9. The van der Waals surface area contributed by atoms with E-state index in [2.05, 4.69) is 58.7 Å². The summed E-state index contributed by atoms with van der Waals surface area (Å²) >= 11 is 7.23. The fourth-order valence-corrected chi connectivity index (χ4v) is 4.14. The summed E-state index contributed by atoms with van der Waals surface area (Å²) in [7, 11) is 0. The molecule has 2 rings (SSSR count). The maximum Gasteiger partial charge on any atom is 0.0701 e. The van der Waals surface area contributed by atoms with Gasteiger partial charge in [0.25, 0.3) is 0 Å². The largest absolute Gasteiger partial charge is 0.306 e. The third-order valence-corrected chi connectivity index (χ3v) is 5.65. The number of hydrogen-bond acceptors (Lipinski definition) is 3. The topological polar surface area (TPSA) is 12.0 Å². The molecule has 0 saturated heterocycles. The monoisotopic (exact) mass is 343 g/mol. The van der Waals surface area contributed by atoms with E-state index in [0.29, 0.717) is 6.04 Å². The molecule has 2 heterocycles. The smallest absolute Gasteiger partial charge is 0.0701 e. The maximum absolute atomic E-state index is 3.65. The Kier molecular flexibility index (Phi) is 5.42. The van der Waals surface area contributed by atoms with Gasteiger partial charge in [-0.1, -0.05) is 13.8 Å². The molecule has 98 valence electrons. The van der Waals surface area contributed by atoms with Crippen LogP contribution in [0.15, 0.2) is 27.4 Å². The molecule has 1 nitrogen and oxygen atoms in total. The van der Waals surface area contributed by atoms with Crippen LogP contribution < -0.4 is 5.32 Å². The summed E-state index contributed by atoms with van der Waals surface area (Å²) in [5, 5.41) is 5.89. The van der Waals surface area contributed by atoms with Gasteiger partial charge in [-0.2, -0.15) is 0 Å². The summed E-state index contributed by atoms with van der Waals surface area (Å²) in [6.45, 7) is 5.47. The highest BCUT2D eigenvalue weighted by Gasteiger charge is 2.16. The minimum absolute atomic E-state index is 0.345. The Morgan fingerprint density at radius 3 is 2.72 bits per heavy atom. The average molecular weight is 344 g/mol. The first-order chi connectivity index (χ1) is 8.74. The van der Waals surface area contributed by atoms with Crippen LogP contribution in [0.1, 0.15) is 41.6 Å². The normalized spacial score (nSPS) is 12.8.